The molecule has 0 aliphatic heterocycles. The minimum Gasteiger partial charge on any atom is -0.478 e. The molecule has 0 saturated heterocycles. The highest BCUT2D eigenvalue weighted by atomic mass is 19.4. The summed E-state index contributed by atoms with van der Waals surface area (Å²) in [6.07, 6.45) is -3.30. The van der Waals surface area contributed by atoms with Crippen molar-refractivity contribution in [1.29, 1.82) is 0 Å². The SMILES string of the molecule is Cc1cc(Nc2ccc(C(=O)O)cn2)cc(C(F)(F)F)c1. The molecule has 0 atom stereocenters. The molecule has 0 bridgehead atoms. The molecule has 110 valence electrons. The van der Waals surface area contributed by atoms with Crippen LogP contribution >= 0.6 is 0 Å². The Morgan fingerprint density at radius 1 is 1.24 bits per heavy atom. The van der Waals surface area contributed by atoms with Gasteiger partial charge in [0, 0.05) is 11.9 Å². The number of aromatic carboxylic acids is 1. The summed E-state index contributed by atoms with van der Waals surface area (Å²) >= 11 is 0. The second kappa shape index (κ2) is 5.43. The van der Waals surface area contributed by atoms with Gasteiger partial charge in [-0.2, -0.15) is 13.2 Å². The third kappa shape index (κ3) is 3.71. The van der Waals surface area contributed by atoms with E-state index >= 15 is 0 Å². The van der Waals surface area contributed by atoms with Gasteiger partial charge in [-0.1, -0.05) is 0 Å². The number of alkyl halides is 3. The van der Waals surface area contributed by atoms with Crippen molar-refractivity contribution in [3.63, 3.8) is 0 Å². The maximum atomic E-state index is 12.7. The van der Waals surface area contributed by atoms with Crippen LogP contribution in [-0.2, 0) is 6.18 Å². The van der Waals surface area contributed by atoms with Crippen LogP contribution in [0, 0.1) is 6.92 Å². The fourth-order valence-corrected chi connectivity index (χ4v) is 1.76. The van der Waals surface area contributed by atoms with Crippen molar-refractivity contribution < 1.29 is 23.1 Å². The molecule has 4 nitrogen and oxygen atoms in total. The van der Waals surface area contributed by atoms with Crippen molar-refractivity contribution >= 4 is 17.5 Å². The Kier molecular flexibility index (Phi) is 3.84. The predicted octanol–water partition coefficient (Wildman–Crippen LogP) is 3.85. The van der Waals surface area contributed by atoms with Crippen molar-refractivity contribution in [1.82, 2.24) is 4.98 Å². The number of nitrogens with zero attached hydrogens (tertiary/aromatic N) is 1. The van der Waals surface area contributed by atoms with Crippen molar-refractivity contribution in [2.24, 2.45) is 0 Å². The molecule has 1 heterocycles. The maximum Gasteiger partial charge on any atom is 0.416 e. The third-order valence-corrected chi connectivity index (χ3v) is 2.69. The van der Waals surface area contributed by atoms with Crippen molar-refractivity contribution in [3.8, 4) is 0 Å². The topological polar surface area (TPSA) is 62.2 Å². The summed E-state index contributed by atoms with van der Waals surface area (Å²) in [5.41, 5.74) is -0.0692. The highest BCUT2D eigenvalue weighted by Gasteiger charge is 2.30. The molecule has 2 aromatic rings. The number of carboxylic acids is 1. The van der Waals surface area contributed by atoms with Crippen LogP contribution in [0.5, 0.6) is 0 Å². The molecule has 0 aliphatic rings. The molecule has 0 saturated carbocycles. The first-order valence-corrected chi connectivity index (χ1v) is 5.91. The molecule has 1 aromatic carbocycles. The van der Waals surface area contributed by atoms with E-state index < -0.39 is 17.7 Å². The summed E-state index contributed by atoms with van der Waals surface area (Å²) in [6, 6.07) is 6.27. The largest absolute Gasteiger partial charge is 0.478 e. The Labute approximate surface area is 118 Å². The van der Waals surface area contributed by atoms with Gasteiger partial charge in [-0.3, -0.25) is 0 Å². The molecular formula is C14H11F3N2O2. The summed E-state index contributed by atoms with van der Waals surface area (Å²) in [5, 5.41) is 11.5. The minimum absolute atomic E-state index is 0.000716. The average Bonchev–Trinajstić information content (AvgIpc) is 2.37. The lowest BCUT2D eigenvalue weighted by Gasteiger charge is -2.12. The summed E-state index contributed by atoms with van der Waals surface area (Å²) in [4.78, 5) is 14.5. The van der Waals surface area contributed by atoms with Gasteiger partial charge in [0.15, 0.2) is 0 Å². The number of rotatable bonds is 3. The summed E-state index contributed by atoms with van der Waals surface area (Å²) in [7, 11) is 0. The molecule has 0 fully saturated rings. The van der Waals surface area contributed by atoms with Crippen LogP contribution in [0.2, 0.25) is 0 Å². The second-order valence-electron chi connectivity index (χ2n) is 4.45. The van der Waals surface area contributed by atoms with E-state index in [0.717, 1.165) is 18.3 Å². The van der Waals surface area contributed by atoms with Crippen LogP contribution in [0.3, 0.4) is 0 Å². The van der Waals surface area contributed by atoms with E-state index in [1.807, 2.05) is 0 Å². The minimum atomic E-state index is -4.43. The fraction of sp³-hybridized carbons (Fsp3) is 0.143. The number of carboxylic acid groups (broad SMARTS) is 1. The number of aryl methyl sites for hydroxylation is 1. The van der Waals surface area contributed by atoms with E-state index in [-0.39, 0.29) is 17.1 Å². The average molecular weight is 296 g/mol. The molecule has 0 aliphatic carbocycles. The van der Waals surface area contributed by atoms with Gasteiger partial charge in [0.1, 0.15) is 5.82 Å². The van der Waals surface area contributed by atoms with Crippen LogP contribution < -0.4 is 5.32 Å². The summed E-state index contributed by atoms with van der Waals surface area (Å²) < 4.78 is 38.2. The highest BCUT2D eigenvalue weighted by Crippen LogP contribution is 2.32. The van der Waals surface area contributed by atoms with Gasteiger partial charge >= 0.3 is 12.1 Å². The van der Waals surface area contributed by atoms with Crippen LogP contribution in [0.25, 0.3) is 0 Å². The maximum absolute atomic E-state index is 12.7. The number of hydrogen-bond donors (Lipinski definition) is 2. The van der Waals surface area contributed by atoms with Gasteiger partial charge < -0.3 is 10.4 Å². The smallest absolute Gasteiger partial charge is 0.416 e. The Bertz CT molecular complexity index is 667. The van der Waals surface area contributed by atoms with Gasteiger partial charge in [0.2, 0.25) is 0 Å². The van der Waals surface area contributed by atoms with Gasteiger partial charge in [-0.15, -0.1) is 0 Å². The molecule has 0 unspecified atom stereocenters. The van der Waals surface area contributed by atoms with E-state index in [2.05, 4.69) is 10.3 Å². The number of hydrogen-bond acceptors (Lipinski definition) is 3. The van der Waals surface area contributed by atoms with E-state index in [9.17, 15) is 18.0 Å². The first-order chi connectivity index (χ1) is 9.75. The Morgan fingerprint density at radius 2 is 1.95 bits per heavy atom. The van der Waals surface area contributed by atoms with Crippen molar-refractivity contribution in [3.05, 3.63) is 53.2 Å². The van der Waals surface area contributed by atoms with E-state index in [0.29, 0.717) is 5.56 Å². The van der Waals surface area contributed by atoms with Crippen LogP contribution in [0.4, 0.5) is 24.7 Å². The Morgan fingerprint density at radius 3 is 2.48 bits per heavy atom. The standard InChI is InChI=1S/C14H11F3N2O2/c1-8-4-10(14(15,16)17)6-11(5-8)19-12-3-2-9(7-18-12)13(20)21/h2-7H,1H3,(H,18,19)(H,20,21). The Balaban J connectivity index is 2.27. The highest BCUT2D eigenvalue weighted by molar-refractivity contribution is 5.87. The lowest BCUT2D eigenvalue weighted by molar-refractivity contribution is -0.137. The van der Waals surface area contributed by atoms with Crippen LogP contribution in [0.15, 0.2) is 36.5 Å². The quantitative estimate of drug-likeness (QED) is 0.903. The van der Waals surface area contributed by atoms with Crippen molar-refractivity contribution in [2.45, 2.75) is 13.1 Å². The van der Waals surface area contributed by atoms with Gasteiger partial charge in [-0.05, 0) is 42.8 Å². The summed E-state index contributed by atoms with van der Waals surface area (Å²) in [5.74, 6) is -0.859. The van der Waals surface area contributed by atoms with Gasteiger partial charge in [-0.25, -0.2) is 9.78 Å². The van der Waals surface area contributed by atoms with E-state index in [1.165, 1.54) is 12.1 Å². The molecule has 0 radical (unpaired) electrons. The first-order valence-electron chi connectivity index (χ1n) is 5.91. The molecule has 21 heavy (non-hydrogen) atoms. The predicted molar refractivity (Wildman–Crippen MR) is 70.7 cm³/mol. The first kappa shape index (κ1) is 14.8. The molecule has 0 amide bonds. The number of carbonyl (C=O) groups is 1. The second-order valence-corrected chi connectivity index (χ2v) is 4.45. The fourth-order valence-electron chi connectivity index (χ4n) is 1.76. The third-order valence-electron chi connectivity index (χ3n) is 2.69. The van der Waals surface area contributed by atoms with E-state index in [1.54, 1.807) is 13.0 Å². The number of nitrogens with one attached hydrogen (secondary N) is 1. The molecular weight excluding hydrogens is 285 g/mol. The monoisotopic (exact) mass is 296 g/mol. The lowest BCUT2D eigenvalue weighted by atomic mass is 10.1. The summed E-state index contributed by atoms with van der Waals surface area (Å²) in [6.45, 7) is 1.56. The lowest BCUT2D eigenvalue weighted by Crippen LogP contribution is -2.06. The number of benzene rings is 1. The zero-order chi connectivity index (χ0) is 15.6. The number of aromatic nitrogens is 1. The number of anilines is 2. The number of halogens is 3. The van der Waals surface area contributed by atoms with E-state index in [4.69, 9.17) is 5.11 Å². The van der Waals surface area contributed by atoms with Crippen LogP contribution in [-0.4, -0.2) is 16.1 Å². The van der Waals surface area contributed by atoms with Crippen molar-refractivity contribution in [2.75, 3.05) is 5.32 Å². The zero-order valence-electron chi connectivity index (χ0n) is 10.9. The molecule has 2 rings (SSSR count). The molecule has 2 N–H and O–H groups in total. The molecule has 0 spiro atoms. The van der Waals surface area contributed by atoms with Gasteiger partial charge in [0.05, 0.1) is 11.1 Å². The normalized spacial score (nSPS) is 11.2. The molecule has 1 aromatic heterocycles. The van der Waals surface area contributed by atoms with Gasteiger partial charge in [0.25, 0.3) is 0 Å². The Hall–Kier alpha value is -2.57. The zero-order valence-corrected chi connectivity index (χ0v) is 10.9. The number of pyridine rings is 1. The molecule has 7 heteroatoms. The van der Waals surface area contributed by atoms with Crippen LogP contribution in [0.1, 0.15) is 21.5 Å².